The maximum Gasteiger partial charge on any atom is 0.0305 e. The van der Waals surface area contributed by atoms with Crippen LogP contribution in [0.5, 0.6) is 0 Å². The number of hydrogen-bond acceptors (Lipinski definition) is 1. The van der Waals surface area contributed by atoms with E-state index in [-0.39, 0.29) is 0 Å². The van der Waals surface area contributed by atoms with Crippen LogP contribution >= 0.6 is 15.9 Å². The normalized spacial score (nSPS) is 25.4. The van der Waals surface area contributed by atoms with Crippen molar-refractivity contribution in [1.82, 2.24) is 5.32 Å². The second-order valence-corrected chi connectivity index (χ2v) is 8.53. The third kappa shape index (κ3) is 4.82. The highest BCUT2D eigenvalue weighted by Crippen LogP contribution is 2.37. The van der Waals surface area contributed by atoms with Crippen LogP contribution in [0.25, 0.3) is 0 Å². The molecule has 1 aliphatic carbocycles. The Kier molecular flexibility index (Phi) is 5.90. The Labute approximate surface area is 139 Å². The first kappa shape index (κ1) is 17.0. The van der Waals surface area contributed by atoms with Gasteiger partial charge in [0.05, 0.1) is 0 Å². The van der Waals surface area contributed by atoms with E-state index in [1.54, 1.807) is 0 Å². The largest absolute Gasteiger partial charge is 0.307 e. The lowest BCUT2D eigenvalue weighted by molar-refractivity contribution is 0.213. The lowest BCUT2D eigenvalue weighted by atomic mass is 9.76. The summed E-state index contributed by atoms with van der Waals surface area (Å²) < 4.78 is 1.21. The molecule has 2 rings (SSSR count). The van der Waals surface area contributed by atoms with Gasteiger partial charge in [-0.25, -0.2) is 0 Å². The van der Waals surface area contributed by atoms with Gasteiger partial charge >= 0.3 is 0 Å². The molecule has 0 saturated heterocycles. The van der Waals surface area contributed by atoms with E-state index in [1.807, 2.05) is 0 Å². The van der Waals surface area contributed by atoms with Crippen LogP contribution in [0.15, 0.2) is 28.7 Å². The third-order valence-electron chi connectivity index (χ3n) is 5.05. The van der Waals surface area contributed by atoms with Crippen molar-refractivity contribution < 1.29 is 0 Å². The predicted octanol–water partition coefficient (Wildman–Crippen LogP) is 6.09. The molecular formula is C19H30BrN. The van der Waals surface area contributed by atoms with Gasteiger partial charge in [-0.2, -0.15) is 0 Å². The number of hydrogen-bond donors (Lipinski definition) is 1. The van der Waals surface area contributed by atoms with Gasteiger partial charge in [-0.1, -0.05) is 61.3 Å². The first-order valence-corrected chi connectivity index (χ1v) is 9.17. The molecule has 0 spiro atoms. The van der Waals surface area contributed by atoms with Gasteiger partial charge in [-0.3, -0.25) is 0 Å². The van der Waals surface area contributed by atoms with Crippen molar-refractivity contribution in [3.8, 4) is 0 Å². The fourth-order valence-electron chi connectivity index (χ4n) is 3.60. The van der Waals surface area contributed by atoms with E-state index in [1.165, 1.54) is 42.1 Å². The van der Waals surface area contributed by atoms with E-state index in [4.69, 9.17) is 0 Å². The van der Waals surface area contributed by atoms with Crippen molar-refractivity contribution in [2.24, 2.45) is 11.3 Å². The highest BCUT2D eigenvalue weighted by Gasteiger charge is 2.28. The zero-order valence-electron chi connectivity index (χ0n) is 14.0. The van der Waals surface area contributed by atoms with Gasteiger partial charge in [0.15, 0.2) is 0 Å². The van der Waals surface area contributed by atoms with E-state index < -0.39 is 0 Å². The monoisotopic (exact) mass is 351 g/mol. The number of rotatable bonds is 3. The summed E-state index contributed by atoms with van der Waals surface area (Å²) in [6, 6.07) is 9.64. The summed E-state index contributed by atoms with van der Waals surface area (Å²) in [5.41, 5.74) is 1.83. The molecule has 1 aliphatic rings. The first-order valence-electron chi connectivity index (χ1n) is 8.38. The Morgan fingerprint density at radius 1 is 1.10 bits per heavy atom. The van der Waals surface area contributed by atoms with E-state index in [0.717, 1.165) is 5.92 Å². The summed E-state index contributed by atoms with van der Waals surface area (Å²) in [4.78, 5) is 0. The zero-order valence-corrected chi connectivity index (χ0v) is 15.5. The van der Waals surface area contributed by atoms with Gasteiger partial charge in [0.2, 0.25) is 0 Å². The smallest absolute Gasteiger partial charge is 0.0305 e. The SMILES string of the molecule is C[C@H](NC1CCCC(C(C)(C)C)CC1)c1ccccc1Br. The molecule has 1 aromatic carbocycles. The molecule has 1 N–H and O–H groups in total. The molecule has 1 saturated carbocycles. The molecule has 0 amide bonds. The van der Waals surface area contributed by atoms with Crippen LogP contribution in [0.2, 0.25) is 0 Å². The Morgan fingerprint density at radius 3 is 2.48 bits per heavy atom. The Bertz CT molecular complexity index is 449. The molecule has 2 heteroatoms. The minimum atomic E-state index is 0.414. The molecule has 0 aliphatic heterocycles. The van der Waals surface area contributed by atoms with E-state index in [9.17, 15) is 0 Å². The van der Waals surface area contributed by atoms with Gasteiger partial charge in [0.1, 0.15) is 0 Å². The second kappa shape index (κ2) is 7.28. The standard InChI is InChI=1S/C19H30BrN/c1-14(17-10-5-6-11-18(17)20)21-16-9-7-8-15(12-13-16)19(2,3)4/h5-6,10-11,14-16,21H,7-9,12-13H2,1-4H3/t14-,15?,16?/m0/s1. The predicted molar refractivity (Wildman–Crippen MR) is 95.5 cm³/mol. The Hall–Kier alpha value is -0.340. The molecule has 1 nitrogen and oxygen atoms in total. The van der Waals surface area contributed by atoms with Crippen LogP contribution in [0.3, 0.4) is 0 Å². The number of benzene rings is 1. The number of nitrogens with one attached hydrogen (secondary N) is 1. The molecule has 0 aromatic heterocycles. The van der Waals surface area contributed by atoms with E-state index >= 15 is 0 Å². The summed E-state index contributed by atoms with van der Waals surface area (Å²) in [5, 5.41) is 3.86. The van der Waals surface area contributed by atoms with Crippen molar-refractivity contribution in [3.05, 3.63) is 34.3 Å². The lowest BCUT2D eigenvalue weighted by Crippen LogP contribution is -2.31. The summed E-state index contributed by atoms with van der Waals surface area (Å²) in [7, 11) is 0. The van der Waals surface area contributed by atoms with Crippen molar-refractivity contribution in [2.45, 2.75) is 71.9 Å². The molecule has 3 atom stereocenters. The van der Waals surface area contributed by atoms with E-state index in [2.05, 4.69) is 73.2 Å². The minimum Gasteiger partial charge on any atom is -0.307 e. The molecule has 21 heavy (non-hydrogen) atoms. The Balaban J connectivity index is 1.93. The molecule has 1 aromatic rings. The maximum absolute atomic E-state index is 3.86. The van der Waals surface area contributed by atoms with Gasteiger partial charge in [-0.15, -0.1) is 0 Å². The highest BCUT2D eigenvalue weighted by atomic mass is 79.9. The maximum atomic E-state index is 3.86. The van der Waals surface area contributed by atoms with Gasteiger partial charge < -0.3 is 5.32 Å². The molecular weight excluding hydrogens is 322 g/mol. The van der Waals surface area contributed by atoms with Crippen LogP contribution < -0.4 is 5.32 Å². The van der Waals surface area contributed by atoms with E-state index in [0.29, 0.717) is 17.5 Å². The lowest BCUT2D eigenvalue weighted by Gasteiger charge is -2.30. The van der Waals surface area contributed by atoms with Crippen LogP contribution in [-0.4, -0.2) is 6.04 Å². The third-order valence-corrected chi connectivity index (χ3v) is 5.77. The zero-order chi connectivity index (χ0) is 15.5. The highest BCUT2D eigenvalue weighted by molar-refractivity contribution is 9.10. The molecule has 0 heterocycles. The van der Waals surface area contributed by atoms with Crippen molar-refractivity contribution >= 4 is 15.9 Å². The summed E-state index contributed by atoms with van der Waals surface area (Å²) in [6.07, 6.45) is 6.76. The van der Waals surface area contributed by atoms with Crippen LogP contribution in [-0.2, 0) is 0 Å². The van der Waals surface area contributed by atoms with Gasteiger partial charge in [0.25, 0.3) is 0 Å². The first-order chi connectivity index (χ1) is 9.88. The summed E-state index contributed by atoms with van der Waals surface area (Å²) in [6.45, 7) is 9.48. The second-order valence-electron chi connectivity index (χ2n) is 7.68. The van der Waals surface area contributed by atoms with Crippen LogP contribution in [0, 0.1) is 11.3 Å². The number of halogens is 1. The fourth-order valence-corrected chi connectivity index (χ4v) is 4.23. The van der Waals surface area contributed by atoms with Crippen molar-refractivity contribution in [1.29, 1.82) is 0 Å². The molecule has 118 valence electrons. The minimum absolute atomic E-state index is 0.414. The van der Waals surface area contributed by atoms with Crippen molar-refractivity contribution in [2.75, 3.05) is 0 Å². The fraction of sp³-hybridized carbons (Fsp3) is 0.684. The topological polar surface area (TPSA) is 12.0 Å². The van der Waals surface area contributed by atoms with Gasteiger partial charge in [0, 0.05) is 16.6 Å². The molecule has 2 unspecified atom stereocenters. The summed E-state index contributed by atoms with van der Waals surface area (Å²) >= 11 is 3.67. The average Bonchev–Trinajstić information content (AvgIpc) is 2.64. The molecule has 1 fully saturated rings. The molecule has 0 radical (unpaired) electrons. The van der Waals surface area contributed by atoms with Crippen LogP contribution in [0.4, 0.5) is 0 Å². The van der Waals surface area contributed by atoms with Crippen molar-refractivity contribution in [3.63, 3.8) is 0 Å². The molecule has 0 bridgehead atoms. The Morgan fingerprint density at radius 2 is 1.81 bits per heavy atom. The van der Waals surface area contributed by atoms with Gasteiger partial charge in [-0.05, 0) is 55.6 Å². The summed E-state index contributed by atoms with van der Waals surface area (Å²) in [5.74, 6) is 0.878. The van der Waals surface area contributed by atoms with Crippen LogP contribution in [0.1, 0.15) is 71.4 Å². The quantitative estimate of drug-likeness (QED) is 0.649. The average molecular weight is 352 g/mol.